The molecule has 1 heterocycles. The summed E-state index contributed by atoms with van der Waals surface area (Å²) in [5.41, 5.74) is 6.02. The Kier molecular flexibility index (Phi) is 10.0. The van der Waals surface area contributed by atoms with Crippen LogP contribution in [0, 0.1) is 0 Å². The predicted molar refractivity (Wildman–Crippen MR) is 99.9 cm³/mol. The lowest BCUT2D eigenvalue weighted by Gasteiger charge is -2.25. The number of halogens is 1. The minimum Gasteiger partial charge on any atom is -0.493 e. The first-order valence-corrected chi connectivity index (χ1v) is 8.90. The summed E-state index contributed by atoms with van der Waals surface area (Å²) in [4.78, 5) is 23.7. The van der Waals surface area contributed by atoms with Crippen molar-refractivity contribution in [2.45, 2.75) is 32.2 Å². The number of benzene rings is 1. The van der Waals surface area contributed by atoms with E-state index in [2.05, 4.69) is 0 Å². The van der Waals surface area contributed by atoms with Crippen molar-refractivity contribution in [1.29, 1.82) is 0 Å². The van der Waals surface area contributed by atoms with Crippen molar-refractivity contribution in [3.8, 4) is 5.75 Å². The zero-order valence-corrected chi connectivity index (χ0v) is 16.0. The smallest absolute Gasteiger partial charge is 0.300 e. The number of carbonyl (C=O) groups excluding carboxylic acids is 1. The van der Waals surface area contributed by atoms with Crippen molar-refractivity contribution in [1.82, 2.24) is 4.90 Å². The number of hydrogen-bond donors (Lipinski definition) is 2. The zero-order chi connectivity index (χ0) is 19.5. The number of methoxy groups -OCH3 is 1. The number of aliphatic carboxylic acids is 1. The highest BCUT2D eigenvalue weighted by Crippen LogP contribution is 2.28. The van der Waals surface area contributed by atoms with E-state index in [0.29, 0.717) is 36.1 Å². The molecule has 1 saturated heterocycles. The zero-order valence-electron chi connectivity index (χ0n) is 15.2. The van der Waals surface area contributed by atoms with Gasteiger partial charge in [-0.3, -0.25) is 9.59 Å². The molecule has 26 heavy (non-hydrogen) atoms. The summed E-state index contributed by atoms with van der Waals surface area (Å²) >= 11 is 6.02. The highest BCUT2D eigenvalue weighted by atomic mass is 35.5. The summed E-state index contributed by atoms with van der Waals surface area (Å²) in [7, 11) is 1.66. The van der Waals surface area contributed by atoms with Gasteiger partial charge in [-0.2, -0.15) is 0 Å². The molecule has 0 radical (unpaired) electrons. The number of carboxylic acid groups (broad SMARTS) is 1. The van der Waals surface area contributed by atoms with Gasteiger partial charge in [0.2, 0.25) is 0 Å². The van der Waals surface area contributed by atoms with Crippen LogP contribution in [-0.4, -0.2) is 61.3 Å². The van der Waals surface area contributed by atoms with E-state index in [9.17, 15) is 4.79 Å². The van der Waals surface area contributed by atoms with Gasteiger partial charge < -0.3 is 25.2 Å². The fourth-order valence-corrected chi connectivity index (χ4v) is 2.84. The van der Waals surface area contributed by atoms with Gasteiger partial charge in [0.25, 0.3) is 11.9 Å². The van der Waals surface area contributed by atoms with E-state index >= 15 is 0 Å². The molecule has 1 amide bonds. The van der Waals surface area contributed by atoms with Gasteiger partial charge in [0.15, 0.2) is 0 Å². The maximum absolute atomic E-state index is 12.8. The molecule has 1 aliphatic heterocycles. The number of carboxylic acids is 1. The molecule has 3 N–H and O–H groups in total. The normalized spacial score (nSPS) is 16.0. The Morgan fingerprint density at radius 2 is 2.12 bits per heavy atom. The molecule has 0 unspecified atom stereocenters. The lowest BCUT2D eigenvalue weighted by atomic mass is 10.1. The second-order valence-corrected chi connectivity index (χ2v) is 6.34. The molecule has 0 bridgehead atoms. The van der Waals surface area contributed by atoms with Crippen molar-refractivity contribution >= 4 is 23.5 Å². The molecule has 1 aromatic carbocycles. The van der Waals surface area contributed by atoms with Gasteiger partial charge in [-0.1, -0.05) is 11.6 Å². The molecule has 2 rings (SSSR count). The highest BCUT2D eigenvalue weighted by Gasteiger charge is 2.30. The Morgan fingerprint density at radius 3 is 2.73 bits per heavy atom. The average Bonchev–Trinajstić information content (AvgIpc) is 3.03. The summed E-state index contributed by atoms with van der Waals surface area (Å²) in [6, 6.07) is 5.26. The second-order valence-electron chi connectivity index (χ2n) is 5.90. The average molecular weight is 387 g/mol. The van der Waals surface area contributed by atoms with Crippen LogP contribution in [0.1, 0.15) is 36.5 Å². The Bertz CT molecular complexity index is 593. The predicted octanol–water partition coefficient (Wildman–Crippen LogP) is 2.41. The molecule has 146 valence electrons. The van der Waals surface area contributed by atoms with Crippen LogP contribution in [-0.2, 0) is 9.53 Å². The van der Waals surface area contributed by atoms with E-state index in [4.69, 9.17) is 36.7 Å². The van der Waals surface area contributed by atoms with Crippen molar-refractivity contribution < 1.29 is 24.2 Å². The van der Waals surface area contributed by atoms with E-state index in [-0.39, 0.29) is 11.9 Å². The molecule has 0 aliphatic carbocycles. The van der Waals surface area contributed by atoms with Crippen LogP contribution in [0.5, 0.6) is 5.75 Å². The van der Waals surface area contributed by atoms with Gasteiger partial charge in [-0.15, -0.1) is 0 Å². The summed E-state index contributed by atoms with van der Waals surface area (Å²) in [6.45, 7) is 3.41. The number of carbonyl (C=O) groups is 2. The van der Waals surface area contributed by atoms with Crippen LogP contribution in [0.15, 0.2) is 18.2 Å². The third-order valence-corrected chi connectivity index (χ3v) is 4.01. The van der Waals surface area contributed by atoms with Crippen LogP contribution in [0.25, 0.3) is 0 Å². The van der Waals surface area contributed by atoms with Crippen molar-refractivity contribution in [3.63, 3.8) is 0 Å². The quantitative estimate of drug-likeness (QED) is 0.697. The molecule has 1 fully saturated rings. The van der Waals surface area contributed by atoms with Crippen LogP contribution in [0.4, 0.5) is 0 Å². The Balaban J connectivity index is 0.000000765. The van der Waals surface area contributed by atoms with Crippen LogP contribution in [0.3, 0.4) is 0 Å². The molecule has 0 spiro atoms. The number of nitrogens with zero attached hydrogens (tertiary/aromatic N) is 1. The SMILES string of the molecule is CC(=O)O.COC[C@@H]1CCCN1C(=O)c1ccc(Cl)cc1OCCCN. The Labute approximate surface area is 159 Å². The molecule has 0 saturated carbocycles. The van der Waals surface area contributed by atoms with Gasteiger partial charge >= 0.3 is 0 Å². The number of likely N-dealkylation sites (tertiary alicyclic amines) is 1. The topological polar surface area (TPSA) is 102 Å². The fraction of sp³-hybridized carbons (Fsp3) is 0.556. The van der Waals surface area contributed by atoms with Crippen LogP contribution < -0.4 is 10.5 Å². The molecule has 1 aromatic rings. The van der Waals surface area contributed by atoms with E-state index in [1.807, 2.05) is 4.90 Å². The van der Waals surface area contributed by atoms with Crippen LogP contribution >= 0.6 is 11.6 Å². The number of amides is 1. The second kappa shape index (κ2) is 11.7. The van der Waals surface area contributed by atoms with Crippen molar-refractivity contribution in [2.75, 3.05) is 33.4 Å². The molecule has 1 aliphatic rings. The fourth-order valence-electron chi connectivity index (χ4n) is 2.68. The first-order valence-electron chi connectivity index (χ1n) is 8.52. The third-order valence-electron chi connectivity index (χ3n) is 3.78. The van der Waals surface area contributed by atoms with Crippen molar-refractivity contribution in [2.24, 2.45) is 5.73 Å². The number of hydrogen-bond acceptors (Lipinski definition) is 5. The Morgan fingerprint density at radius 1 is 1.42 bits per heavy atom. The first kappa shape index (κ1) is 22.2. The largest absolute Gasteiger partial charge is 0.493 e. The molecule has 8 heteroatoms. The van der Waals surface area contributed by atoms with Crippen LogP contribution in [0.2, 0.25) is 5.02 Å². The van der Waals surface area contributed by atoms with E-state index in [0.717, 1.165) is 32.7 Å². The van der Waals surface area contributed by atoms with E-state index < -0.39 is 5.97 Å². The number of rotatable bonds is 7. The monoisotopic (exact) mass is 386 g/mol. The maximum Gasteiger partial charge on any atom is 0.300 e. The van der Waals surface area contributed by atoms with Gasteiger partial charge in [-0.25, -0.2) is 0 Å². The van der Waals surface area contributed by atoms with E-state index in [1.54, 1.807) is 25.3 Å². The minimum atomic E-state index is -0.833. The third kappa shape index (κ3) is 7.19. The van der Waals surface area contributed by atoms with Crippen molar-refractivity contribution in [3.05, 3.63) is 28.8 Å². The first-order chi connectivity index (χ1) is 12.4. The Hall–Kier alpha value is -1.83. The summed E-state index contributed by atoms with van der Waals surface area (Å²) < 4.78 is 10.9. The lowest BCUT2D eigenvalue weighted by molar-refractivity contribution is -0.134. The van der Waals surface area contributed by atoms with Gasteiger partial charge in [0, 0.05) is 25.6 Å². The molecule has 1 atom stereocenters. The summed E-state index contributed by atoms with van der Waals surface area (Å²) in [5, 5.41) is 7.97. The summed E-state index contributed by atoms with van der Waals surface area (Å²) in [6.07, 6.45) is 2.70. The van der Waals surface area contributed by atoms with Gasteiger partial charge in [0.05, 0.1) is 24.8 Å². The molecular weight excluding hydrogens is 360 g/mol. The number of ether oxygens (including phenoxy) is 2. The lowest BCUT2D eigenvalue weighted by Crippen LogP contribution is -2.38. The highest BCUT2D eigenvalue weighted by molar-refractivity contribution is 6.30. The minimum absolute atomic E-state index is 0.0287. The molecule has 7 nitrogen and oxygen atoms in total. The molecular formula is C18H27ClN2O5. The van der Waals surface area contributed by atoms with Gasteiger partial charge in [-0.05, 0) is 44.0 Å². The van der Waals surface area contributed by atoms with Gasteiger partial charge in [0.1, 0.15) is 5.75 Å². The maximum atomic E-state index is 12.8. The molecule has 0 aromatic heterocycles. The van der Waals surface area contributed by atoms with E-state index in [1.165, 1.54) is 0 Å². The standard InChI is InChI=1S/C16H23ClN2O3.C2H4O2/c1-21-11-13-4-2-8-19(13)16(20)14-6-5-12(17)10-15(14)22-9-3-7-18;1-2(3)4/h5-6,10,13H,2-4,7-9,11,18H2,1H3;1H3,(H,3,4)/t13-;/m0./s1. The summed E-state index contributed by atoms with van der Waals surface area (Å²) in [5.74, 6) is -0.340. The number of nitrogens with two attached hydrogens (primary N) is 1.